The van der Waals surface area contributed by atoms with E-state index in [9.17, 15) is 10.2 Å². The van der Waals surface area contributed by atoms with Crippen molar-refractivity contribution in [3.05, 3.63) is 29.3 Å². The maximum Gasteiger partial charge on any atom is 0.125 e. The summed E-state index contributed by atoms with van der Waals surface area (Å²) in [6.45, 7) is 3.74. The molecule has 106 valence electrons. The molecule has 0 spiro atoms. The molecule has 19 heavy (non-hydrogen) atoms. The normalized spacial score (nSPS) is 25.7. The van der Waals surface area contributed by atoms with Gasteiger partial charge in [0.15, 0.2) is 0 Å². The van der Waals surface area contributed by atoms with Gasteiger partial charge in [0.25, 0.3) is 0 Å². The quantitative estimate of drug-likeness (QED) is 0.825. The number of aryl methyl sites for hydroxylation is 1. The maximum atomic E-state index is 10.1. The zero-order chi connectivity index (χ0) is 13.8. The van der Waals surface area contributed by atoms with E-state index in [2.05, 4.69) is 0 Å². The highest BCUT2D eigenvalue weighted by Crippen LogP contribution is 2.30. The summed E-state index contributed by atoms with van der Waals surface area (Å²) in [5.41, 5.74) is 1.89. The first-order valence-electron chi connectivity index (χ1n) is 7.21. The van der Waals surface area contributed by atoms with Gasteiger partial charge in [-0.2, -0.15) is 0 Å². The van der Waals surface area contributed by atoms with Crippen LogP contribution in [-0.4, -0.2) is 22.4 Å². The lowest BCUT2D eigenvalue weighted by atomic mass is 10.1. The third-order valence-electron chi connectivity index (χ3n) is 3.82. The second-order valence-corrected chi connectivity index (χ2v) is 5.58. The molecule has 0 aliphatic heterocycles. The van der Waals surface area contributed by atoms with Crippen molar-refractivity contribution < 1.29 is 14.9 Å². The van der Waals surface area contributed by atoms with Crippen LogP contribution in [-0.2, 0) is 0 Å². The molecule has 0 saturated heterocycles. The SMILES string of the molecule is Cc1ccc([C@H](C)O)c(OC2CCCCCC2O)c1. The van der Waals surface area contributed by atoms with Gasteiger partial charge in [-0.25, -0.2) is 0 Å². The van der Waals surface area contributed by atoms with E-state index < -0.39 is 12.2 Å². The Labute approximate surface area is 115 Å². The monoisotopic (exact) mass is 264 g/mol. The molecule has 3 nitrogen and oxygen atoms in total. The topological polar surface area (TPSA) is 49.7 Å². The summed E-state index contributed by atoms with van der Waals surface area (Å²) in [5, 5.41) is 19.9. The molecular weight excluding hydrogens is 240 g/mol. The van der Waals surface area contributed by atoms with Crippen molar-refractivity contribution in [1.29, 1.82) is 0 Å². The predicted molar refractivity (Wildman–Crippen MR) is 75.3 cm³/mol. The fraction of sp³-hybridized carbons (Fsp3) is 0.625. The number of aliphatic hydroxyl groups is 2. The van der Waals surface area contributed by atoms with Crippen LogP contribution in [0.25, 0.3) is 0 Å². The van der Waals surface area contributed by atoms with Crippen molar-refractivity contribution in [3.8, 4) is 5.75 Å². The van der Waals surface area contributed by atoms with Crippen LogP contribution in [0.2, 0.25) is 0 Å². The van der Waals surface area contributed by atoms with Gasteiger partial charge in [-0.1, -0.05) is 25.0 Å². The van der Waals surface area contributed by atoms with Crippen molar-refractivity contribution in [2.45, 2.75) is 64.3 Å². The molecule has 0 radical (unpaired) electrons. The largest absolute Gasteiger partial charge is 0.487 e. The minimum Gasteiger partial charge on any atom is -0.487 e. The first kappa shape index (κ1) is 14.4. The summed E-state index contributed by atoms with van der Waals surface area (Å²) in [6, 6.07) is 5.82. The van der Waals surface area contributed by atoms with Gasteiger partial charge in [0.2, 0.25) is 0 Å². The molecule has 0 amide bonds. The van der Waals surface area contributed by atoms with Crippen LogP contribution in [0.15, 0.2) is 18.2 Å². The molecule has 2 rings (SSSR count). The predicted octanol–water partition coefficient (Wildman–Crippen LogP) is 3.12. The van der Waals surface area contributed by atoms with E-state index in [1.807, 2.05) is 25.1 Å². The van der Waals surface area contributed by atoms with Gasteiger partial charge in [0, 0.05) is 5.56 Å². The highest BCUT2D eigenvalue weighted by atomic mass is 16.5. The molecule has 2 unspecified atom stereocenters. The molecule has 2 N–H and O–H groups in total. The minimum absolute atomic E-state index is 0.151. The molecule has 1 aromatic carbocycles. The van der Waals surface area contributed by atoms with Gasteiger partial charge in [0.1, 0.15) is 11.9 Å². The Kier molecular flexibility index (Phi) is 4.83. The van der Waals surface area contributed by atoms with E-state index in [-0.39, 0.29) is 6.10 Å². The summed E-state index contributed by atoms with van der Waals surface area (Å²) < 4.78 is 6.01. The molecule has 1 aliphatic rings. The van der Waals surface area contributed by atoms with Crippen LogP contribution in [0.5, 0.6) is 5.75 Å². The smallest absolute Gasteiger partial charge is 0.125 e. The van der Waals surface area contributed by atoms with Crippen LogP contribution < -0.4 is 4.74 Å². The number of ether oxygens (including phenoxy) is 1. The summed E-state index contributed by atoms with van der Waals surface area (Å²) >= 11 is 0. The van der Waals surface area contributed by atoms with Crippen LogP contribution in [0.3, 0.4) is 0 Å². The molecule has 0 heterocycles. The Balaban J connectivity index is 2.18. The third-order valence-corrected chi connectivity index (χ3v) is 3.82. The standard InChI is InChI=1S/C16H24O3/c1-11-8-9-13(12(2)17)16(10-11)19-15-7-5-3-4-6-14(15)18/h8-10,12,14-15,17-18H,3-7H2,1-2H3/t12-,14?,15?/m0/s1. The van der Waals surface area contributed by atoms with Gasteiger partial charge < -0.3 is 14.9 Å². The molecule has 0 aromatic heterocycles. The Hall–Kier alpha value is -1.06. The number of hydrogen-bond acceptors (Lipinski definition) is 3. The van der Waals surface area contributed by atoms with Crippen molar-refractivity contribution >= 4 is 0 Å². The van der Waals surface area contributed by atoms with E-state index in [1.165, 1.54) is 0 Å². The van der Waals surface area contributed by atoms with E-state index in [0.717, 1.165) is 43.2 Å². The van der Waals surface area contributed by atoms with Crippen molar-refractivity contribution in [2.75, 3.05) is 0 Å². The lowest BCUT2D eigenvalue weighted by molar-refractivity contribution is 0.0299. The highest BCUT2D eigenvalue weighted by Gasteiger charge is 2.24. The van der Waals surface area contributed by atoms with E-state index >= 15 is 0 Å². The fourth-order valence-electron chi connectivity index (χ4n) is 2.64. The molecule has 1 aliphatic carbocycles. The minimum atomic E-state index is -0.557. The van der Waals surface area contributed by atoms with Crippen LogP contribution in [0, 0.1) is 6.92 Å². The molecular formula is C16H24O3. The first-order valence-corrected chi connectivity index (χ1v) is 7.21. The lowest BCUT2D eigenvalue weighted by Crippen LogP contribution is -2.30. The number of aliphatic hydroxyl groups excluding tert-OH is 2. The van der Waals surface area contributed by atoms with Crippen LogP contribution in [0.4, 0.5) is 0 Å². The number of benzene rings is 1. The molecule has 1 aromatic rings. The second-order valence-electron chi connectivity index (χ2n) is 5.58. The van der Waals surface area contributed by atoms with Crippen molar-refractivity contribution in [1.82, 2.24) is 0 Å². The summed E-state index contributed by atoms with van der Waals surface area (Å²) in [4.78, 5) is 0. The Morgan fingerprint density at radius 1 is 1.21 bits per heavy atom. The van der Waals surface area contributed by atoms with Crippen LogP contribution >= 0.6 is 0 Å². The van der Waals surface area contributed by atoms with E-state index in [0.29, 0.717) is 5.75 Å². The van der Waals surface area contributed by atoms with Crippen molar-refractivity contribution in [2.24, 2.45) is 0 Å². The molecule has 3 heteroatoms. The number of rotatable bonds is 3. The van der Waals surface area contributed by atoms with Crippen molar-refractivity contribution in [3.63, 3.8) is 0 Å². The second kappa shape index (κ2) is 6.40. The Morgan fingerprint density at radius 2 is 1.95 bits per heavy atom. The van der Waals surface area contributed by atoms with Crippen LogP contribution in [0.1, 0.15) is 56.3 Å². The van der Waals surface area contributed by atoms with Gasteiger partial charge >= 0.3 is 0 Å². The first-order chi connectivity index (χ1) is 9.08. The zero-order valence-electron chi connectivity index (χ0n) is 11.8. The average molecular weight is 264 g/mol. The fourth-order valence-corrected chi connectivity index (χ4v) is 2.64. The van der Waals surface area contributed by atoms with Gasteiger partial charge in [-0.3, -0.25) is 0 Å². The maximum absolute atomic E-state index is 10.1. The van der Waals surface area contributed by atoms with Gasteiger partial charge in [-0.15, -0.1) is 0 Å². The Bertz CT molecular complexity index is 414. The molecule has 3 atom stereocenters. The average Bonchev–Trinajstić information content (AvgIpc) is 2.55. The van der Waals surface area contributed by atoms with E-state index in [4.69, 9.17) is 4.74 Å². The Morgan fingerprint density at radius 3 is 2.68 bits per heavy atom. The zero-order valence-corrected chi connectivity index (χ0v) is 11.8. The van der Waals surface area contributed by atoms with Gasteiger partial charge in [0.05, 0.1) is 12.2 Å². The number of hydrogen-bond donors (Lipinski definition) is 2. The lowest BCUT2D eigenvalue weighted by Gasteiger charge is -2.24. The summed E-state index contributed by atoms with van der Waals surface area (Å²) in [6.07, 6.45) is 3.91. The molecule has 0 bridgehead atoms. The highest BCUT2D eigenvalue weighted by molar-refractivity contribution is 5.38. The molecule has 1 fully saturated rings. The summed E-state index contributed by atoms with van der Waals surface area (Å²) in [7, 11) is 0. The van der Waals surface area contributed by atoms with Gasteiger partial charge in [-0.05, 0) is 44.7 Å². The summed E-state index contributed by atoms with van der Waals surface area (Å²) in [5.74, 6) is 0.709. The van der Waals surface area contributed by atoms with E-state index in [1.54, 1.807) is 6.92 Å². The molecule has 1 saturated carbocycles. The third kappa shape index (κ3) is 3.71.